The molecule has 3 atom stereocenters. The summed E-state index contributed by atoms with van der Waals surface area (Å²) < 4.78 is 22.3. The van der Waals surface area contributed by atoms with Crippen LogP contribution < -0.4 is 36.6 Å². The van der Waals surface area contributed by atoms with Crippen molar-refractivity contribution in [2.45, 2.75) is 115 Å². The molecule has 2 aromatic rings. The van der Waals surface area contributed by atoms with Crippen LogP contribution in [0, 0.1) is 11.3 Å². The van der Waals surface area contributed by atoms with Crippen LogP contribution >= 0.6 is 0 Å². The second-order valence-corrected chi connectivity index (χ2v) is 21.5. The van der Waals surface area contributed by atoms with Gasteiger partial charge in [-0.2, -0.15) is 5.26 Å². The number of unbranched alkanes of at least 4 members (excludes halogenated alkanes) is 4. The fourth-order valence-electron chi connectivity index (χ4n) is 9.76. The molecule has 0 saturated carbocycles. The second kappa shape index (κ2) is 42.3. The molecule has 0 bridgehead atoms. The lowest BCUT2D eigenvalue weighted by Gasteiger charge is -2.31. The van der Waals surface area contributed by atoms with Crippen molar-refractivity contribution in [3.05, 3.63) is 36.0 Å². The SMILES string of the molecule is CCCCCC(=O)NCCCC[C@H](NC(=O)[C@H](CCCCNC(=O)CN1CCN(CC(=O)O)CCCN(CC(=O)O)CC1)NC(=O)CCOCCOCCOCCNC(=O)COc1ccc2c(C(=O)NCC(=O)N3CCC[C@H]3C#N)ccnc2c1)C(=O)O. The number of pyridine rings is 1. The molecule has 29 heteroatoms. The van der Waals surface area contributed by atoms with Gasteiger partial charge in [-0.05, 0) is 82.4 Å². The zero-order valence-corrected chi connectivity index (χ0v) is 50.6. The Morgan fingerprint density at radius 1 is 0.625 bits per heavy atom. The van der Waals surface area contributed by atoms with Crippen LogP contribution in [0.25, 0.3) is 10.9 Å². The molecular formula is C59H90N12O17. The lowest BCUT2D eigenvalue weighted by molar-refractivity contribution is -0.142. The Morgan fingerprint density at radius 3 is 1.88 bits per heavy atom. The molecule has 9 N–H and O–H groups in total. The average molecular weight is 1240 g/mol. The molecule has 1 aromatic carbocycles. The Balaban J connectivity index is 1.13. The monoisotopic (exact) mass is 1240 g/mol. The number of carboxylic acid groups (broad SMARTS) is 3. The van der Waals surface area contributed by atoms with E-state index in [1.165, 1.54) is 17.2 Å². The highest BCUT2D eigenvalue weighted by Gasteiger charge is 2.30. The number of hydrogen-bond donors (Lipinski definition) is 9. The number of nitrogens with one attached hydrogen (secondary N) is 6. The number of ether oxygens (including phenoxy) is 4. The maximum atomic E-state index is 13.6. The van der Waals surface area contributed by atoms with Gasteiger partial charge in [-0.25, -0.2) is 4.79 Å². The molecule has 1 aromatic heterocycles. The van der Waals surface area contributed by atoms with Gasteiger partial charge in [0.15, 0.2) is 6.61 Å². The maximum absolute atomic E-state index is 13.6. The van der Waals surface area contributed by atoms with Crippen LogP contribution in [0.2, 0.25) is 0 Å². The number of carbonyl (C=O) groups is 10. The molecule has 0 radical (unpaired) electrons. The maximum Gasteiger partial charge on any atom is 0.326 e. The van der Waals surface area contributed by atoms with E-state index in [0.29, 0.717) is 120 Å². The van der Waals surface area contributed by atoms with Gasteiger partial charge in [0.2, 0.25) is 29.5 Å². The largest absolute Gasteiger partial charge is 0.484 e. The van der Waals surface area contributed by atoms with Crippen molar-refractivity contribution in [2.24, 2.45) is 0 Å². The van der Waals surface area contributed by atoms with Gasteiger partial charge in [0.25, 0.3) is 11.8 Å². The number of aromatic nitrogens is 1. The lowest BCUT2D eigenvalue weighted by atomic mass is 10.1. The number of carbonyl (C=O) groups excluding carboxylic acids is 7. The number of hydrogen-bond acceptors (Lipinski definition) is 19. The topological polar surface area (TPSA) is 390 Å². The molecule has 7 amide bonds. The molecule has 2 saturated heterocycles. The predicted molar refractivity (Wildman–Crippen MR) is 319 cm³/mol. The van der Waals surface area contributed by atoms with E-state index < -0.39 is 59.7 Å². The number of benzene rings is 1. The molecule has 88 heavy (non-hydrogen) atoms. The Morgan fingerprint density at radius 2 is 1.24 bits per heavy atom. The number of aliphatic carboxylic acids is 3. The van der Waals surface area contributed by atoms with E-state index >= 15 is 0 Å². The van der Waals surface area contributed by atoms with Crippen molar-refractivity contribution in [3.63, 3.8) is 0 Å². The first-order chi connectivity index (χ1) is 42.5. The van der Waals surface area contributed by atoms with Crippen LogP contribution in [-0.4, -0.2) is 255 Å². The van der Waals surface area contributed by atoms with E-state index in [2.05, 4.69) is 43.0 Å². The molecule has 4 rings (SSSR count). The number of rotatable bonds is 42. The summed E-state index contributed by atoms with van der Waals surface area (Å²) in [6.45, 7) is 5.82. The molecule has 488 valence electrons. The second-order valence-electron chi connectivity index (χ2n) is 21.5. The van der Waals surface area contributed by atoms with Crippen LogP contribution in [0.3, 0.4) is 0 Å². The van der Waals surface area contributed by atoms with Crippen LogP contribution in [0.1, 0.15) is 107 Å². The van der Waals surface area contributed by atoms with Gasteiger partial charge in [0.1, 0.15) is 23.9 Å². The molecule has 0 unspecified atom stereocenters. The molecule has 29 nitrogen and oxygen atoms in total. The Hall–Kier alpha value is -7.62. The standard InChI is InChI=1S/C59H90N12O17/c1-2-3-4-14-50(72)62-19-8-6-13-48(59(83)84)67-58(82)47(12-5-7-20-63-52(74)39-70-28-26-68(40-55(77)78)23-10-24-69(27-29-70)41-56(79)80)66-51(73)18-30-85-32-34-87-35-33-86-31-22-64-53(75)42-88-44-15-16-45-46(17-21-61-49(45)36-44)57(81)65-38-54(76)71-25-9-11-43(71)37-60/h15-17,21,36,43,47-48H,2-14,18-20,22-35,38-42H2,1H3,(H,62,72)(H,63,74)(H,64,75)(H,65,81)(H,66,73)(H,67,82)(H,77,78)(H,79,80)(H,83,84)/t43-,47-,48-/m0/s1. The Bertz CT molecular complexity index is 2580. The first kappa shape index (κ1) is 72.9. The van der Waals surface area contributed by atoms with Crippen molar-refractivity contribution >= 4 is 70.2 Å². The zero-order valence-electron chi connectivity index (χ0n) is 50.6. The third-order valence-electron chi connectivity index (χ3n) is 14.5. The first-order valence-electron chi connectivity index (χ1n) is 30.4. The van der Waals surface area contributed by atoms with Gasteiger partial charge >= 0.3 is 17.9 Å². The minimum Gasteiger partial charge on any atom is -0.484 e. The normalized spacial score (nSPS) is 15.7. The first-order valence-corrected chi connectivity index (χ1v) is 30.4. The van der Waals surface area contributed by atoms with Gasteiger partial charge in [0, 0.05) is 95.9 Å². The summed E-state index contributed by atoms with van der Waals surface area (Å²) in [5.41, 5.74) is 0.741. The fraction of sp³-hybridized carbons (Fsp3) is 0.661. The number of fused-ring (bicyclic) bond motifs is 1. The smallest absolute Gasteiger partial charge is 0.326 e. The van der Waals surface area contributed by atoms with Crippen LogP contribution in [0.15, 0.2) is 30.5 Å². The minimum absolute atomic E-state index is 0.0122. The fourth-order valence-corrected chi connectivity index (χ4v) is 9.76. The Labute approximate surface area is 513 Å². The van der Waals surface area contributed by atoms with E-state index in [0.717, 1.165) is 25.7 Å². The number of amides is 7. The summed E-state index contributed by atoms with van der Waals surface area (Å²) >= 11 is 0. The van der Waals surface area contributed by atoms with Gasteiger partial charge < -0.3 is 71.1 Å². The molecule has 3 heterocycles. The van der Waals surface area contributed by atoms with Crippen molar-refractivity contribution in [3.8, 4) is 11.8 Å². The van der Waals surface area contributed by atoms with E-state index in [-0.39, 0.29) is 123 Å². The van der Waals surface area contributed by atoms with Crippen LogP contribution in [0.5, 0.6) is 5.75 Å². The zero-order chi connectivity index (χ0) is 63.9. The molecule has 2 aliphatic heterocycles. The number of carboxylic acids is 3. The van der Waals surface area contributed by atoms with Crippen molar-refractivity contribution < 1.29 is 82.2 Å². The number of likely N-dealkylation sites (tertiary alicyclic amines) is 1. The summed E-state index contributed by atoms with van der Waals surface area (Å²) in [7, 11) is 0. The highest BCUT2D eigenvalue weighted by molar-refractivity contribution is 6.07. The molecule has 0 aliphatic carbocycles. The van der Waals surface area contributed by atoms with E-state index in [4.69, 9.17) is 18.9 Å². The average Bonchev–Trinajstić information content (AvgIpc) is 1.44. The summed E-state index contributed by atoms with van der Waals surface area (Å²) in [5.74, 6) is -5.67. The van der Waals surface area contributed by atoms with Crippen molar-refractivity contribution in [1.82, 2.24) is 56.5 Å². The van der Waals surface area contributed by atoms with Gasteiger partial charge in [-0.1, -0.05) is 19.8 Å². The van der Waals surface area contributed by atoms with Gasteiger partial charge in [-0.3, -0.25) is 62.8 Å². The summed E-state index contributed by atoms with van der Waals surface area (Å²) in [5, 5.41) is 54.9. The molecule has 2 aliphatic rings. The predicted octanol–water partition coefficient (Wildman–Crippen LogP) is 0.100. The van der Waals surface area contributed by atoms with Crippen LogP contribution in [0.4, 0.5) is 0 Å². The quantitative estimate of drug-likeness (QED) is 0.0398. The summed E-state index contributed by atoms with van der Waals surface area (Å²) in [6.07, 6.45) is 8.26. The van der Waals surface area contributed by atoms with E-state index in [1.807, 2.05) is 11.8 Å². The Kier molecular flexibility index (Phi) is 35.0. The van der Waals surface area contributed by atoms with E-state index in [1.54, 1.807) is 28.0 Å². The summed E-state index contributed by atoms with van der Waals surface area (Å²) in [6, 6.07) is 5.62. The van der Waals surface area contributed by atoms with Crippen LogP contribution in [-0.2, 0) is 57.4 Å². The van der Waals surface area contributed by atoms with Crippen molar-refractivity contribution in [2.75, 3.05) is 138 Å². The van der Waals surface area contributed by atoms with Crippen molar-refractivity contribution in [1.29, 1.82) is 5.26 Å². The highest BCUT2D eigenvalue weighted by atomic mass is 16.5. The third-order valence-corrected chi connectivity index (χ3v) is 14.5. The molecule has 2 fully saturated rings. The minimum atomic E-state index is -1.26. The molecule has 0 spiro atoms. The lowest BCUT2D eigenvalue weighted by Crippen LogP contribution is -2.51. The van der Waals surface area contributed by atoms with Gasteiger partial charge in [-0.15, -0.1) is 0 Å². The van der Waals surface area contributed by atoms with Gasteiger partial charge in [0.05, 0.1) is 83.0 Å². The third kappa shape index (κ3) is 29.9. The number of nitrogens with zero attached hydrogens (tertiary/aromatic N) is 6. The summed E-state index contributed by atoms with van der Waals surface area (Å²) in [4.78, 5) is 136. The highest BCUT2D eigenvalue weighted by Crippen LogP contribution is 2.23. The van der Waals surface area contributed by atoms with E-state index in [9.17, 15) is 68.5 Å². The molecular weight excluding hydrogens is 1150 g/mol. The number of nitriles is 1.